The zero-order valence-corrected chi connectivity index (χ0v) is 8.30. The highest BCUT2D eigenvalue weighted by Crippen LogP contribution is 2.17. The quantitative estimate of drug-likeness (QED) is 0.806. The van der Waals surface area contributed by atoms with Gasteiger partial charge in [0.2, 0.25) is 0 Å². The van der Waals surface area contributed by atoms with Crippen LogP contribution in [0.3, 0.4) is 0 Å². The lowest BCUT2D eigenvalue weighted by molar-refractivity contribution is -0.136. The molecule has 1 N–H and O–H groups in total. The number of carboxylic acid groups (broad SMARTS) is 1. The lowest BCUT2D eigenvalue weighted by atomic mass is 10.0. The van der Waals surface area contributed by atoms with E-state index in [0.717, 1.165) is 5.56 Å². The molecular formula is C11H13FO2. The average molecular weight is 196 g/mol. The maximum Gasteiger partial charge on any atom is 0.303 e. The summed E-state index contributed by atoms with van der Waals surface area (Å²) in [6.45, 7) is 3.38. The summed E-state index contributed by atoms with van der Waals surface area (Å²) < 4.78 is 13.4. The number of benzene rings is 1. The van der Waals surface area contributed by atoms with Gasteiger partial charge in [-0.1, -0.05) is 12.1 Å². The van der Waals surface area contributed by atoms with Gasteiger partial charge in [0.15, 0.2) is 0 Å². The van der Waals surface area contributed by atoms with Gasteiger partial charge in [-0.25, -0.2) is 4.39 Å². The molecule has 0 aromatic heterocycles. The first-order valence-corrected chi connectivity index (χ1v) is 4.48. The van der Waals surface area contributed by atoms with E-state index in [2.05, 4.69) is 0 Å². The predicted molar refractivity (Wildman–Crippen MR) is 51.8 cm³/mol. The second-order valence-corrected chi connectivity index (χ2v) is 3.37. The fourth-order valence-corrected chi connectivity index (χ4v) is 1.37. The standard InChI is InChI=1S/C11H13FO2/c1-7-3-4-9(5-6-10(13)14)8(2)11(7)12/h3-4H,5-6H2,1-2H3,(H,13,14). The van der Waals surface area contributed by atoms with E-state index in [-0.39, 0.29) is 12.2 Å². The molecule has 0 saturated carbocycles. The minimum atomic E-state index is -0.856. The van der Waals surface area contributed by atoms with Gasteiger partial charge in [-0.3, -0.25) is 4.79 Å². The Morgan fingerprint density at radius 3 is 2.64 bits per heavy atom. The van der Waals surface area contributed by atoms with Crippen LogP contribution in [0.25, 0.3) is 0 Å². The van der Waals surface area contributed by atoms with Crippen molar-refractivity contribution in [1.82, 2.24) is 0 Å². The first-order chi connectivity index (χ1) is 6.52. The molecular weight excluding hydrogens is 183 g/mol. The van der Waals surface area contributed by atoms with Gasteiger partial charge in [0.05, 0.1) is 0 Å². The van der Waals surface area contributed by atoms with Crippen LogP contribution in [0.5, 0.6) is 0 Å². The van der Waals surface area contributed by atoms with Crippen LogP contribution < -0.4 is 0 Å². The zero-order valence-electron chi connectivity index (χ0n) is 8.30. The molecule has 0 spiro atoms. The summed E-state index contributed by atoms with van der Waals surface area (Å²) in [6.07, 6.45) is 0.432. The lowest BCUT2D eigenvalue weighted by Gasteiger charge is -2.07. The maximum atomic E-state index is 13.4. The molecule has 76 valence electrons. The zero-order chi connectivity index (χ0) is 10.7. The molecule has 2 nitrogen and oxygen atoms in total. The fraction of sp³-hybridized carbons (Fsp3) is 0.364. The molecule has 1 aromatic carbocycles. The van der Waals surface area contributed by atoms with Crippen molar-refractivity contribution < 1.29 is 14.3 Å². The minimum absolute atomic E-state index is 0.0450. The van der Waals surface area contributed by atoms with Gasteiger partial charge < -0.3 is 5.11 Å². The molecule has 0 amide bonds. The Labute approximate surface area is 82.4 Å². The number of aliphatic carboxylic acids is 1. The Morgan fingerprint density at radius 2 is 2.07 bits per heavy atom. The van der Waals surface area contributed by atoms with Crippen molar-refractivity contribution in [3.05, 3.63) is 34.6 Å². The highest BCUT2D eigenvalue weighted by atomic mass is 19.1. The Balaban J connectivity index is 2.88. The smallest absolute Gasteiger partial charge is 0.303 e. The Hall–Kier alpha value is -1.38. The average Bonchev–Trinajstić information content (AvgIpc) is 2.13. The first kappa shape index (κ1) is 10.7. The number of halogens is 1. The Kier molecular flexibility index (Phi) is 3.23. The van der Waals surface area contributed by atoms with E-state index >= 15 is 0 Å². The van der Waals surface area contributed by atoms with Crippen LogP contribution in [0.2, 0.25) is 0 Å². The molecule has 3 heteroatoms. The van der Waals surface area contributed by atoms with Crippen LogP contribution in [0.4, 0.5) is 4.39 Å². The summed E-state index contributed by atoms with van der Waals surface area (Å²) >= 11 is 0. The molecule has 0 heterocycles. The number of carbonyl (C=O) groups is 1. The van der Waals surface area contributed by atoms with Crippen LogP contribution in [0.15, 0.2) is 12.1 Å². The van der Waals surface area contributed by atoms with E-state index in [1.807, 2.05) is 0 Å². The summed E-state index contributed by atoms with van der Waals surface area (Å²) in [4.78, 5) is 10.3. The second-order valence-electron chi connectivity index (χ2n) is 3.37. The van der Waals surface area contributed by atoms with Crippen LogP contribution in [0.1, 0.15) is 23.1 Å². The number of carboxylic acids is 1. The van der Waals surface area contributed by atoms with Gasteiger partial charge in [-0.05, 0) is 37.0 Å². The van der Waals surface area contributed by atoms with E-state index < -0.39 is 5.97 Å². The number of hydrogen-bond donors (Lipinski definition) is 1. The molecule has 0 atom stereocenters. The largest absolute Gasteiger partial charge is 0.481 e. The molecule has 1 aromatic rings. The van der Waals surface area contributed by atoms with E-state index in [4.69, 9.17) is 5.11 Å². The Morgan fingerprint density at radius 1 is 1.43 bits per heavy atom. The number of hydrogen-bond acceptors (Lipinski definition) is 1. The van der Waals surface area contributed by atoms with Crippen LogP contribution in [-0.4, -0.2) is 11.1 Å². The topological polar surface area (TPSA) is 37.3 Å². The monoisotopic (exact) mass is 196 g/mol. The van der Waals surface area contributed by atoms with Crippen LogP contribution >= 0.6 is 0 Å². The summed E-state index contributed by atoms with van der Waals surface area (Å²) in [5.74, 6) is -1.08. The van der Waals surface area contributed by atoms with Gasteiger partial charge in [-0.15, -0.1) is 0 Å². The molecule has 0 aliphatic rings. The molecule has 1 rings (SSSR count). The highest BCUT2D eigenvalue weighted by molar-refractivity contribution is 5.67. The van der Waals surface area contributed by atoms with Gasteiger partial charge >= 0.3 is 5.97 Å². The van der Waals surface area contributed by atoms with E-state index in [1.165, 1.54) is 0 Å². The van der Waals surface area contributed by atoms with Crippen molar-refractivity contribution >= 4 is 5.97 Å². The highest BCUT2D eigenvalue weighted by Gasteiger charge is 2.07. The van der Waals surface area contributed by atoms with Gasteiger partial charge in [-0.2, -0.15) is 0 Å². The lowest BCUT2D eigenvalue weighted by Crippen LogP contribution is -2.01. The molecule has 14 heavy (non-hydrogen) atoms. The van der Waals surface area contributed by atoms with Crippen molar-refractivity contribution in [2.24, 2.45) is 0 Å². The van der Waals surface area contributed by atoms with E-state index in [0.29, 0.717) is 17.5 Å². The molecule has 0 radical (unpaired) electrons. The summed E-state index contributed by atoms with van der Waals surface area (Å²) in [5, 5.41) is 8.50. The molecule has 0 bridgehead atoms. The normalized spacial score (nSPS) is 10.2. The fourth-order valence-electron chi connectivity index (χ4n) is 1.37. The summed E-state index contributed by atoms with van der Waals surface area (Å²) in [5.41, 5.74) is 1.93. The van der Waals surface area contributed by atoms with Crippen LogP contribution in [0, 0.1) is 19.7 Å². The third-order valence-corrected chi connectivity index (χ3v) is 2.30. The van der Waals surface area contributed by atoms with Gasteiger partial charge in [0.25, 0.3) is 0 Å². The molecule has 0 saturated heterocycles. The third kappa shape index (κ3) is 2.31. The third-order valence-electron chi connectivity index (χ3n) is 2.30. The molecule has 0 aliphatic heterocycles. The Bertz CT molecular complexity index is 359. The second kappa shape index (κ2) is 4.22. The van der Waals surface area contributed by atoms with Crippen molar-refractivity contribution in [3.8, 4) is 0 Å². The first-order valence-electron chi connectivity index (χ1n) is 4.48. The number of rotatable bonds is 3. The van der Waals surface area contributed by atoms with E-state index in [9.17, 15) is 9.18 Å². The van der Waals surface area contributed by atoms with Gasteiger partial charge in [0.1, 0.15) is 5.82 Å². The molecule has 0 aliphatic carbocycles. The summed E-state index contributed by atoms with van der Waals surface area (Å²) in [7, 11) is 0. The minimum Gasteiger partial charge on any atom is -0.481 e. The van der Waals surface area contributed by atoms with Gasteiger partial charge in [0, 0.05) is 6.42 Å². The maximum absolute atomic E-state index is 13.4. The number of aryl methyl sites for hydroxylation is 2. The van der Waals surface area contributed by atoms with Crippen molar-refractivity contribution in [2.75, 3.05) is 0 Å². The molecule has 0 fully saturated rings. The van der Waals surface area contributed by atoms with Crippen molar-refractivity contribution in [1.29, 1.82) is 0 Å². The SMILES string of the molecule is Cc1ccc(CCC(=O)O)c(C)c1F. The molecule has 0 unspecified atom stereocenters. The summed E-state index contributed by atoms with van der Waals surface area (Å²) in [6, 6.07) is 3.47. The van der Waals surface area contributed by atoms with Crippen molar-refractivity contribution in [2.45, 2.75) is 26.7 Å². The van der Waals surface area contributed by atoms with Crippen molar-refractivity contribution in [3.63, 3.8) is 0 Å². The van der Waals surface area contributed by atoms with E-state index in [1.54, 1.807) is 26.0 Å². The van der Waals surface area contributed by atoms with Crippen LogP contribution in [-0.2, 0) is 11.2 Å². The predicted octanol–water partition coefficient (Wildman–Crippen LogP) is 2.46.